The Labute approximate surface area is 84.6 Å². The van der Waals surface area contributed by atoms with E-state index in [9.17, 15) is 22.8 Å². The predicted molar refractivity (Wildman–Crippen MR) is 45.0 cm³/mol. The third kappa shape index (κ3) is 2.84. The van der Waals surface area contributed by atoms with E-state index in [-0.39, 0.29) is 11.4 Å². The van der Waals surface area contributed by atoms with Crippen LogP contribution in [-0.4, -0.2) is 47.5 Å². The molecule has 1 fully saturated rings. The van der Waals surface area contributed by atoms with Crippen molar-refractivity contribution in [1.82, 2.24) is 9.80 Å². The molecule has 86 valence electrons. The van der Waals surface area contributed by atoms with Gasteiger partial charge in [-0.25, -0.2) is 4.79 Å². The summed E-state index contributed by atoms with van der Waals surface area (Å²) in [6.07, 6.45) is -3.92. The van der Waals surface area contributed by atoms with Crippen LogP contribution >= 0.6 is 0 Å². The molecule has 15 heavy (non-hydrogen) atoms. The van der Waals surface area contributed by atoms with Gasteiger partial charge in [-0.2, -0.15) is 13.2 Å². The first-order chi connectivity index (χ1) is 6.85. The molecule has 0 radical (unpaired) electrons. The van der Waals surface area contributed by atoms with Crippen LogP contribution in [0, 0.1) is 0 Å². The van der Waals surface area contributed by atoms with Crippen LogP contribution in [-0.2, 0) is 4.79 Å². The quantitative estimate of drug-likeness (QED) is 0.676. The Balaban J connectivity index is 2.67. The van der Waals surface area contributed by atoms with Gasteiger partial charge in [0, 0.05) is 6.54 Å². The van der Waals surface area contributed by atoms with Gasteiger partial charge in [0.1, 0.15) is 13.1 Å². The van der Waals surface area contributed by atoms with E-state index in [1.807, 2.05) is 0 Å². The Kier molecular flexibility index (Phi) is 3.21. The molecular weight excluding hydrogens is 213 g/mol. The zero-order valence-electron chi connectivity index (χ0n) is 8.17. The molecule has 0 saturated carbocycles. The van der Waals surface area contributed by atoms with Gasteiger partial charge in [0.2, 0.25) is 0 Å². The number of amides is 3. The lowest BCUT2D eigenvalue weighted by molar-refractivity contribution is -0.151. The minimum Gasteiger partial charge on any atom is -0.315 e. The van der Waals surface area contributed by atoms with Crippen LogP contribution in [0.15, 0.2) is 0 Å². The van der Waals surface area contributed by atoms with Gasteiger partial charge in [-0.15, -0.1) is 0 Å². The molecule has 0 spiro atoms. The first kappa shape index (κ1) is 11.8. The summed E-state index contributed by atoms with van der Waals surface area (Å²) in [5.41, 5.74) is 0. The number of hydrogen-bond donors (Lipinski definition) is 0. The predicted octanol–water partition coefficient (Wildman–Crippen LogP) is 1.22. The maximum Gasteiger partial charge on any atom is 0.406 e. The van der Waals surface area contributed by atoms with E-state index in [2.05, 4.69) is 0 Å². The van der Waals surface area contributed by atoms with Crippen LogP contribution in [0.2, 0.25) is 0 Å². The second-order valence-corrected chi connectivity index (χ2v) is 3.30. The highest BCUT2D eigenvalue weighted by atomic mass is 19.4. The van der Waals surface area contributed by atoms with Crippen LogP contribution in [0.5, 0.6) is 0 Å². The fourth-order valence-corrected chi connectivity index (χ4v) is 1.37. The van der Waals surface area contributed by atoms with Gasteiger partial charge < -0.3 is 4.90 Å². The molecule has 7 heteroatoms. The molecule has 1 aliphatic rings. The van der Waals surface area contributed by atoms with E-state index >= 15 is 0 Å². The maximum absolute atomic E-state index is 12.0. The van der Waals surface area contributed by atoms with Gasteiger partial charge in [0.05, 0.1) is 0 Å². The lowest BCUT2D eigenvalue weighted by Crippen LogP contribution is -2.39. The van der Waals surface area contributed by atoms with Crippen molar-refractivity contribution in [2.24, 2.45) is 0 Å². The molecule has 0 bridgehead atoms. The van der Waals surface area contributed by atoms with E-state index in [1.54, 1.807) is 6.92 Å². The van der Waals surface area contributed by atoms with Gasteiger partial charge in [-0.3, -0.25) is 9.69 Å². The van der Waals surface area contributed by atoms with Crippen LogP contribution in [0.4, 0.5) is 18.0 Å². The summed E-state index contributed by atoms with van der Waals surface area (Å²) in [6.45, 7) is 0.344. The second-order valence-electron chi connectivity index (χ2n) is 3.30. The third-order valence-corrected chi connectivity index (χ3v) is 1.96. The smallest absolute Gasteiger partial charge is 0.315 e. The Morgan fingerprint density at radius 1 is 1.33 bits per heavy atom. The van der Waals surface area contributed by atoms with Crippen molar-refractivity contribution in [2.45, 2.75) is 19.5 Å². The number of nitrogens with zero attached hydrogens (tertiary/aromatic N) is 2. The van der Waals surface area contributed by atoms with Gasteiger partial charge in [-0.05, 0) is 6.42 Å². The summed E-state index contributed by atoms with van der Waals surface area (Å²) in [5, 5.41) is 0. The third-order valence-electron chi connectivity index (χ3n) is 1.96. The molecule has 0 aromatic carbocycles. The highest BCUT2D eigenvalue weighted by molar-refractivity contribution is 6.02. The number of urea groups is 1. The molecule has 0 N–H and O–H groups in total. The van der Waals surface area contributed by atoms with E-state index in [1.165, 1.54) is 0 Å². The number of hydrogen-bond acceptors (Lipinski definition) is 2. The molecule has 0 aromatic rings. The van der Waals surface area contributed by atoms with E-state index < -0.39 is 24.7 Å². The molecule has 1 heterocycles. The van der Waals surface area contributed by atoms with Gasteiger partial charge in [0.25, 0.3) is 5.91 Å². The molecule has 3 amide bonds. The number of imide groups is 1. The summed E-state index contributed by atoms with van der Waals surface area (Å²) >= 11 is 0. The Morgan fingerprint density at radius 3 is 2.40 bits per heavy atom. The number of carbonyl (C=O) groups is 2. The lowest BCUT2D eigenvalue weighted by Gasteiger charge is -2.17. The monoisotopic (exact) mass is 224 g/mol. The summed E-state index contributed by atoms with van der Waals surface area (Å²) in [5.74, 6) is -0.786. The molecule has 0 aromatic heterocycles. The van der Waals surface area contributed by atoms with Crippen molar-refractivity contribution >= 4 is 11.9 Å². The lowest BCUT2D eigenvalue weighted by atomic mass is 10.4. The van der Waals surface area contributed by atoms with Crippen molar-refractivity contribution < 1.29 is 22.8 Å². The van der Waals surface area contributed by atoms with Crippen molar-refractivity contribution in [3.8, 4) is 0 Å². The van der Waals surface area contributed by atoms with Gasteiger partial charge in [-0.1, -0.05) is 6.92 Å². The zero-order chi connectivity index (χ0) is 11.6. The number of rotatable bonds is 3. The largest absolute Gasteiger partial charge is 0.406 e. The van der Waals surface area contributed by atoms with Crippen LogP contribution in [0.25, 0.3) is 0 Å². The minimum absolute atomic E-state index is 0.246. The van der Waals surface area contributed by atoms with E-state index in [0.717, 1.165) is 4.90 Å². The normalized spacial score (nSPS) is 17.9. The van der Waals surface area contributed by atoms with Crippen molar-refractivity contribution in [1.29, 1.82) is 0 Å². The van der Waals surface area contributed by atoms with Crippen molar-refractivity contribution in [3.05, 3.63) is 0 Å². The first-order valence-electron chi connectivity index (χ1n) is 4.51. The van der Waals surface area contributed by atoms with Crippen molar-refractivity contribution in [2.75, 3.05) is 19.6 Å². The molecule has 0 unspecified atom stereocenters. The highest BCUT2D eigenvalue weighted by Gasteiger charge is 2.42. The van der Waals surface area contributed by atoms with E-state index in [4.69, 9.17) is 0 Å². The Hall–Kier alpha value is -1.27. The van der Waals surface area contributed by atoms with Crippen molar-refractivity contribution in [3.63, 3.8) is 0 Å². The number of alkyl halides is 3. The van der Waals surface area contributed by atoms with Crippen LogP contribution in [0.1, 0.15) is 13.3 Å². The Bertz CT molecular complexity index is 278. The summed E-state index contributed by atoms with van der Waals surface area (Å²) in [6, 6.07) is -0.848. The molecule has 0 atom stereocenters. The maximum atomic E-state index is 12.0. The average molecular weight is 224 g/mol. The van der Waals surface area contributed by atoms with Crippen LogP contribution < -0.4 is 0 Å². The standard InChI is InChI=1S/C8H11F3N2O2/c1-2-3-12-4-6(14)13(7(12)15)5-8(9,10)11/h2-5H2,1H3. The fraction of sp³-hybridized carbons (Fsp3) is 0.750. The number of carbonyl (C=O) groups excluding carboxylic acids is 2. The summed E-state index contributed by atoms with van der Waals surface area (Å²) in [4.78, 5) is 23.8. The number of halogens is 3. The molecule has 1 rings (SSSR count). The fourth-order valence-electron chi connectivity index (χ4n) is 1.37. The van der Waals surface area contributed by atoms with Crippen LogP contribution in [0.3, 0.4) is 0 Å². The SMILES string of the molecule is CCCN1CC(=O)N(CC(F)(F)F)C1=O. The molecule has 4 nitrogen and oxygen atoms in total. The van der Waals surface area contributed by atoms with Gasteiger partial charge in [0.15, 0.2) is 0 Å². The zero-order valence-corrected chi connectivity index (χ0v) is 8.17. The molecular formula is C8H11F3N2O2. The average Bonchev–Trinajstić information content (AvgIpc) is 2.32. The van der Waals surface area contributed by atoms with E-state index in [0.29, 0.717) is 13.0 Å². The van der Waals surface area contributed by atoms with Gasteiger partial charge >= 0.3 is 12.2 Å². The highest BCUT2D eigenvalue weighted by Crippen LogP contribution is 2.20. The summed E-state index contributed by atoms with van der Waals surface area (Å²) < 4.78 is 36.0. The second kappa shape index (κ2) is 4.08. The minimum atomic E-state index is -4.53. The molecule has 1 aliphatic heterocycles. The summed E-state index contributed by atoms with van der Waals surface area (Å²) in [7, 11) is 0. The topological polar surface area (TPSA) is 40.6 Å². The molecule has 0 aliphatic carbocycles. The molecule has 1 saturated heterocycles. The first-order valence-corrected chi connectivity index (χ1v) is 4.51. The Morgan fingerprint density at radius 2 is 1.93 bits per heavy atom.